The van der Waals surface area contributed by atoms with Crippen molar-refractivity contribution in [3.8, 4) is 0 Å². The van der Waals surface area contributed by atoms with Crippen molar-refractivity contribution in [2.24, 2.45) is 17.8 Å². The summed E-state index contributed by atoms with van der Waals surface area (Å²) in [5.74, 6) is -6.33. The molecule has 2 N–H and O–H groups in total. The van der Waals surface area contributed by atoms with Gasteiger partial charge in [-0.3, -0.25) is 9.59 Å². The predicted octanol–water partition coefficient (Wildman–Crippen LogP) is 2.98. The molecule has 3 aromatic heterocycles. The molecule has 3 atom stereocenters. The molecule has 6 rings (SSSR count). The Hall–Kier alpha value is -3.96. The Kier molecular flexibility index (Phi) is 9.06. The highest BCUT2D eigenvalue weighted by Crippen LogP contribution is 2.41. The van der Waals surface area contributed by atoms with Crippen LogP contribution in [0.3, 0.4) is 0 Å². The zero-order valence-corrected chi connectivity index (χ0v) is 26.1. The summed E-state index contributed by atoms with van der Waals surface area (Å²) in [5, 5.41) is 17.5. The first-order valence-corrected chi connectivity index (χ1v) is 15.9. The molecule has 0 aromatic carbocycles. The highest BCUT2D eigenvalue weighted by molar-refractivity contribution is 5.93. The second-order valence-electron chi connectivity index (χ2n) is 12.8. The number of carbonyl (C=O) groups is 2. The molecule has 256 valence electrons. The van der Waals surface area contributed by atoms with Gasteiger partial charge >= 0.3 is 6.18 Å². The number of nitrogens with zero attached hydrogens (tertiary/aromatic N) is 8. The van der Waals surface area contributed by atoms with Gasteiger partial charge < -0.3 is 20.4 Å². The number of alkyl halides is 5. The van der Waals surface area contributed by atoms with E-state index in [1.54, 1.807) is 13.1 Å². The third kappa shape index (κ3) is 7.16. The first kappa shape index (κ1) is 33.0. The number of aryl methyl sites for hydroxylation is 1. The van der Waals surface area contributed by atoms with E-state index in [0.717, 1.165) is 0 Å². The molecule has 5 heterocycles. The van der Waals surface area contributed by atoms with E-state index in [-0.39, 0.29) is 50.0 Å². The van der Waals surface area contributed by atoms with Crippen molar-refractivity contribution in [3.05, 3.63) is 29.0 Å². The number of piperazine rings is 1. The molecular formula is C29H37F5N10O3. The summed E-state index contributed by atoms with van der Waals surface area (Å²) in [5.41, 5.74) is 1.00. The fraction of sp³-hybridized carbons (Fsp3) is 0.690. The number of imidazole rings is 1. The molecule has 3 aromatic rings. The highest BCUT2D eigenvalue weighted by Gasteiger charge is 2.45. The molecule has 1 saturated carbocycles. The van der Waals surface area contributed by atoms with Crippen molar-refractivity contribution in [1.29, 1.82) is 0 Å². The van der Waals surface area contributed by atoms with E-state index in [2.05, 4.69) is 30.8 Å². The quantitative estimate of drug-likeness (QED) is 0.344. The number of carbonyl (C=O) groups excluding carboxylic acids is 2. The Balaban J connectivity index is 1.36. The molecule has 0 spiro atoms. The van der Waals surface area contributed by atoms with Gasteiger partial charge in [0.25, 0.3) is 11.7 Å². The summed E-state index contributed by atoms with van der Waals surface area (Å²) in [4.78, 5) is 39.7. The maximum Gasteiger partial charge on any atom is 0.393 e. The number of hydrogen-bond donors (Lipinski definition) is 2. The summed E-state index contributed by atoms with van der Waals surface area (Å²) in [6.07, 6.45) is -3.42. The number of piperidine rings is 1. The number of likely N-dealkylation sites (N-methyl/N-ethyl adjacent to an activating group) is 1. The molecule has 47 heavy (non-hydrogen) atoms. The fourth-order valence-corrected chi connectivity index (χ4v) is 6.63. The summed E-state index contributed by atoms with van der Waals surface area (Å²) < 4.78 is 75.2. The van der Waals surface area contributed by atoms with Crippen LogP contribution < -0.4 is 15.5 Å². The second-order valence-corrected chi connectivity index (χ2v) is 12.8. The third-order valence-electron chi connectivity index (χ3n) is 9.49. The van der Waals surface area contributed by atoms with E-state index >= 15 is 0 Å². The van der Waals surface area contributed by atoms with Crippen LogP contribution in [0.4, 0.5) is 27.8 Å². The molecule has 2 aliphatic heterocycles. The summed E-state index contributed by atoms with van der Waals surface area (Å²) in [7, 11) is 1.98. The van der Waals surface area contributed by atoms with Crippen molar-refractivity contribution in [2.75, 3.05) is 44.7 Å². The lowest BCUT2D eigenvalue weighted by atomic mass is 9.81. The number of halogens is 5. The van der Waals surface area contributed by atoms with Gasteiger partial charge in [0.2, 0.25) is 11.8 Å². The number of nitrogens with one attached hydrogen (secondary N) is 2. The minimum absolute atomic E-state index is 0.0128. The van der Waals surface area contributed by atoms with Crippen LogP contribution in [0.1, 0.15) is 72.6 Å². The Morgan fingerprint density at radius 1 is 1.13 bits per heavy atom. The summed E-state index contributed by atoms with van der Waals surface area (Å²) in [6.45, 7) is 3.89. The van der Waals surface area contributed by atoms with E-state index in [9.17, 15) is 31.5 Å². The van der Waals surface area contributed by atoms with E-state index in [1.165, 1.54) is 4.52 Å². The first-order chi connectivity index (χ1) is 22.3. The van der Waals surface area contributed by atoms with Crippen molar-refractivity contribution in [3.63, 3.8) is 0 Å². The van der Waals surface area contributed by atoms with Gasteiger partial charge in [0.1, 0.15) is 11.4 Å². The van der Waals surface area contributed by atoms with E-state index in [4.69, 9.17) is 14.7 Å². The lowest BCUT2D eigenvalue weighted by Crippen LogP contribution is -2.48. The largest absolute Gasteiger partial charge is 0.393 e. The van der Waals surface area contributed by atoms with Gasteiger partial charge in [0.05, 0.1) is 23.9 Å². The van der Waals surface area contributed by atoms with Crippen LogP contribution in [0.25, 0.3) is 5.78 Å². The van der Waals surface area contributed by atoms with Crippen LogP contribution in [0.5, 0.6) is 0 Å². The fourth-order valence-electron chi connectivity index (χ4n) is 6.63. The maximum absolute atomic E-state index is 14.1. The van der Waals surface area contributed by atoms with Crippen molar-refractivity contribution in [2.45, 2.75) is 70.0 Å². The first-order valence-electron chi connectivity index (χ1n) is 15.9. The number of aromatic nitrogens is 6. The minimum Gasteiger partial charge on any atom is -0.355 e. The van der Waals surface area contributed by atoms with Gasteiger partial charge in [-0.2, -0.15) is 23.3 Å². The molecule has 3 fully saturated rings. The highest BCUT2D eigenvalue weighted by atomic mass is 19.4. The monoisotopic (exact) mass is 668 g/mol. The molecule has 2 saturated heterocycles. The molecular weight excluding hydrogens is 631 g/mol. The summed E-state index contributed by atoms with van der Waals surface area (Å²) in [6, 6.07) is -0.810. The molecule has 0 bridgehead atoms. The van der Waals surface area contributed by atoms with Crippen LogP contribution in [0.2, 0.25) is 0 Å². The number of amides is 2. The molecule has 0 radical (unpaired) electrons. The molecule has 3 aliphatic rings. The Bertz CT molecular complexity index is 1590. The minimum atomic E-state index is -4.45. The van der Waals surface area contributed by atoms with Crippen LogP contribution >= 0.6 is 0 Å². The average molecular weight is 669 g/mol. The van der Waals surface area contributed by atoms with E-state index < -0.39 is 54.3 Å². The van der Waals surface area contributed by atoms with Gasteiger partial charge in [-0.15, -0.1) is 0 Å². The average Bonchev–Trinajstić information content (AvgIpc) is 3.67. The Labute approximate surface area is 266 Å². The Morgan fingerprint density at radius 3 is 2.53 bits per heavy atom. The Morgan fingerprint density at radius 2 is 1.85 bits per heavy atom. The number of rotatable bonds is 8. The van der Waals surface area contributed by atoms with Crippen molar-refractivity contribution < 1.29 is 36.2 Å². The lowest BCUT2D eigenvalue weighted by molar-refractivity contribution is -0.183. The third-order valence-corrected chi connectivity index (χ3v) is 9.49. The van der Waals surface area contributed by atoms with E-state index in [1.807, 2.05) is 11.9 Å². The lowest BCUT2D eigenvalue weighted by Gasteiger charge is -2.34. The number of fused-ring (bicyclic) bond motifs is 1. The molecule has 2 amide bonds. The van der Waals surface area contributed by atoms with Gasteiger partial charge in [-0.1, -0.05) is 12.1 Å². The smallest absolute Gasteiger partial charge is 0.355 e. The van der Waals surface area contributed by atoms with Gasteiger partial charge in [0, 0.05) is 57.9 Å². The topological polar surface area (TPSA) is 147 Å². The van der Waals surface area contributed by atoms with Crippen LogP contribution in [-0.2, 0) is 17.6 Å². The zero-order chi connectivity index (χ0) is 33.5. The molecule has 18 heteroatoms. The normalized spacial score (nSPS) is 23.6. The zero-order valence-electron chi connectivity index (χ0n) is 26.1. The van der Waals surface area contributed by atoms with E-state index in [0.29, 0.717) is 55.5 Å². The maximum atomic E-state index is 14.1. The number of hydrogen-bond acceptors (Lipinski definition) is 10. The van der Waals surface area contributed by atoms with Gasteiger partial charge in [-0.25, -0.2) is 22.9 Å². The van der Waals surface area contributed by atoms with Crippen molar-refractivity contribution >= 4 is 23.4 Å². The van der Waals surface area contributed by atoms with Crippen LogP contribution in [-0.4, -0.2) is 98.5 Å². The van der Waals surface area contributed by atoms with Gasteiger partial charge in [-0.05, 0) is 43.8 Å². The molecule has 1 aliphatic carbocycles. The van der Waals surface area contributed by atoms with Gasteiger partial charge in [0.15, 0.2) is 11.5 Å². The van der Waals surface area contributed by atoms with Crippen LogP contribution in [0, 0.1) is 17.8 Å². The predicted molar refractivity (Wildman–Crippen MR) is 156 cm³/mol. The SMILES string of the molecule is CCc1nonc1C(=O)N[C@H](c1cn2nc(C[C@H]3C[C@@H](C(F)(F)F)CNC3=O)c(N3CCN(C)CC3)nc2n1)C1CCC(F)(F)CC1. The molecule has 13 nitrogen and oxygen atoms in total. The van der Waals surface area contributed by atoms with Crippen molar-refractivity contribution in [1.82, 2.24) is 45.4 Å². The van der Waals surface area contributed by atoms with Crippen LogP contribution in [0.15, 0.2) is 10.8 Å². The second kappa shape index (κ2) is 12.9. The standard InChI is InChI=1S/C29H37F5N10O3/c1-3-19-23(41-47-40-19)26(46)37-22(16-4-6-28(30,31)7-5-16)21-15-44-27(36-21)38-24(43-10-8-42(2)9-11-43)20(39-44)13-17-12-18(29(32,33)34)14-35-25(17)45/h15-18,22H,3-14H2,1-2H3,(H,35,45)(H,37,46)/t17-,18-,22+/m1/s1. The molecule has 0 unspecified atom stereocenters. The number of anilines is 1. The summed E-state index contributed by atoms with van der Waals surface area (Å²) >= 11 is 0.